The summed E-state index contributed by atoms with van der Waals surface area (Å²) in [7, 11) is 0. The third-order valence-electron chi connectivity index (χ3n) is 4.01. The van der Waals surface area contributed by atoms with Gasteiger partial charge in [0.1, 0.15) is 11.5 Å². The minimum Gasteiger partial charge on any atom is -0.508 e. The first-order valence-electron chi connectivity index (χ1n) is 7.67. The summed E-state index contributed by atoms with van der Waals surface area (Å²) in [4.78, 5) is 12.6. The van der Waals surface area contributed by atoms with E-state index < -0.39 is 0 Å². The second kappa shape index (κ2) is 6.53. The van der Waals surface area contributed by atoms with Crippen LogP contribution in [-0.2, 0) is 0 Å². The van der Waals surface area contributed by atoms with Crippen molar-refractivity contribution in [1.82, 2.24) is 0 Å². The summed E-state index contributed by atoms with van der Waals surface area (Å²) in [5, 5.41) is 19.8. The number of hydrogen-bond acceptors (Lipinski definition) is 3. The molecule has 2 N–H and O–H groups in total. The molecule has 0 amide bonds. The zero-order valence-corrected chi connectivity index (χ0v) is 12.7. The van der Waals surface area contributed by atoms with Gasteiger partial charge in [0.15, 0.2) is 5.78 Å². The van der Waals surface area contributed by atoms with Crippen molar-refractivity contribution in [3.8, 4) is 5.75 Å². The van der Waals surface area contributed by atoms with Crippen LogP contribution >= 0.6 is 0 Å². The van der Waals surface area contributed by atoms with E-state index in [1.54, 1.807) is 36.4 Å². The standard InChI is InChI=1S/C20H18O3/c21-17-11-9-14(10-12-17)13-16-7-4-8-18(20(16)23)19(22)15-5-2-1-3-6-15/h1-3,5-6,9-13,21,23H,4,7-8H2/b16-13+. The van der Waals surface area contributed by atoms with Crippen LogP contribution in [0.2, 0.25) is 0 Å². The number of phenolic OH excluding ortho intramolecular Hbond substituents is 1. The van der Waals surface area contributed by atoms with Gasteiger partial charge in [0.05, 0.1) is 0 Å². The number of ketones is 1. The molecule has 116 valence electrons. The Kier molecular flexibility index (Phi) is 4.29. The van der Waals surface area contributed by atoms with Gasteiger partial charge < -0.3 is 10.2 Å². The molecule has 0 aromatic heterocycles. The average molecular weight is 306 g/mol. The molecule has 3 rings (SSSR count). The zero-order chi connectivity index (χ0) is 16.2. The van der Waals surface area contributed by atoms with Crippen LogP contribution in [0.5, 0.6) is 5.75 Å². The molecule has 3 nitrogen and oxygen atoms in total. The van der Waals surface area contributed by atoms with Crippen LogP contribution in [0.25, 0.3) is 6.08 Å². The first-order chi connectivity index (χ1) is 11.1. The molecule has 0 radical (unpaired) electrons. The van der Waals surface area contributed by atoms with E-state index in [1.807, 2.05) is 24.3 Å². The summed E-state index contributed by atoms with van der Waals surface area (Å²) < 4.78 is 0. The maximum atomic E-state index is 12.6. The molecule has 1 aliphatic rings. The summed E-state index contributed by atoms with van der Waals surface area (Å²) in [6.07, 6.45) is 4.03. The summed E-state index contributed by atoms with van der Waals surface area (Å²) in [6, 6.07) is 15.8. The third-order valence-corrected chi connectivity index (χ3v) is 4.01. The lowest BCUT2D eigenvalue weighted by atomic mass is 9.88. The molecule has 1 aliphatic carbocycles. The van der Waals surface area contributed by atoms with Crippen LogP contribution in [0.15, 0.2) is 71.5 Å². The van der Waals surface area contributed by atoms with E-state index in [2.05, 4.69) is 0 Å². The average Bonchev–Trinajstić information content (AvgIpc) is 2.59. The van der Waals surface area contributed by atoms with Crippen molar-refractivity contribution >= 4 is 11.9 Å². The summed E-state index contributed by atoms with van der Waals surface area (Å²) >= 11 is 0. The van der Waals surface area contributed by atoms with Crippen LogP contribution in [0.1, 0.15) is 35.2 Å². The number of hydrogen-bond donors (Lipinski definition) is 2. The topological polar surface area (TPSA) is 57.5 Å². The van der Waals surface area contributed by atoms with Crippen molar-refractivity contribution < 1.29 is 15.0 Å². The predicted molar refractivity (Wildman–Crippen MR) is 90.4 cm³/mol. The smallest absolute Gasteiger partial charge is 0.192 e. The van der Waals surface area contributed by atoms with E-state index in [-0.39, 0.29) is 17.3 Å². The molecule has 0 fully saturated rings. The maximum Gasteiger partial charge on any atom is 0.192 e. The van der Waals surface area contributed by atoms with Gasteiger partial charge in [-0.25, -0.2) is 0 Å². The molecule has 2 aromatic rings. The molecular formula is C20H18O3. The number of allylic oxidation sites excluding steroid dienone is 2. The molecule has 0 heterocycles. The number of aliphatic hydroxyl groups is 1. The minimum absolute atomic E-state index is 0.0955. The molecule has 23 heavy (non-hydrogen) atoms. The van der Waals surface area contributed by atoms with E-state index in [1.165, 1.54) is 0 Å². The lowest BCUT2D eigenvalue weighted by molar-refractivity contribution is 0.102. The molecule has 0 unspecified atom stereocenters. The van der Waals surface area contributed by atoms with Gasteiger partial charge in [-0.3, -0.25) is 4.79 Å². The van der Waals surface area contributed by atoms with Crippen molar-refractivity contribution in [3.63, 3.8) is 0 Å². The lowest BCUT2D eigenvalue weighted by Crippen LogP contribution is -2.12. The fourth-order valence-corrected chi connectivity index (χ4v) is 2.78. The molecule has 0 aliphatic heterocycles. The molecule has 3 heteroatoms. The quantitative estimate of drug-likeness (QED) is 0.811. The van der Waals surface area contributed by atoms with Crippen molar-refractivity contribution in [3.05, 3.63) is 82.6 Å². The first kappa shape index (κ1) is 15.1. The normalized spacial score (nSPS) is 16.6. The second-order valence-corrected chi connectivity index (χ2v) is 5.64. The molecule has 2 aromatic carbocycles. The van der Waals surface area contributed by atoms with E-state index in [0.29, 0.717) is 17.6 Å². The van der Waals surface area contributed by atoms with Crippen LogP contribution in [0, 0.1) is 0 Å². The molecular weight excluding hydrogens is 288 g/mol. The Morgan fingerprint density at radius 2 is 1.61 bits per heavy atom. The Hall–Kier alpha value is -2.81. The Balaban J connectivity index is 1.94. The van der Waals surface area contributed by atoms with Gasteiger partial charge in [0.25, 0.3) is 0 Å². The predicted octanol–water partition coefficient (Wildman–Crippen LogP) is 4.65. The van der Waals surface area contributed by atoms with E-state index in [9.17, 15) is 15.0 Å². The number of aliphatic hydroxyl groups excluding tert-OH is 1. The van der Waals surface area contributed by atoms with E-state index >= 15 is 0 Å². The molecule has 0 saturated heterocycles. The molecule has 0 atom stereocenters. The largest absolute Gasteiger partial charge is 0.508 e. The van der Waals surface area contributed by atoms with Gasteiger partial charge in [0.2, 0.25) is 0 Å². The highest BCUT2D eigenvalue weighted by atomic mass is 16.3. The van der Waals surface area contributed by atoms with E-state index in [4.69, 9.17) is 0 Å². The highest BCUT2D eigenvalue weighted by Gasteiger charge is 2.23. The fourth-order valence-electron chi connectivity index (χ4n) is 2.78. The second-order valence-electron chi connectivity index (χ2n) is 5.64. The van der Waals surface area contributed by atoms with Gasteiger partial charge in [-0.05, 0) is 48.6 Å². The lowest BCUT2D eigenvalue weighted by Gasteiger charge is -2.18. The summed E-state index contributed by atoms with van der Waals surface area (Å²) in [5.41, 5.74) is 2.73. The van der Waals surface area contributed by atoms with Crippen molar-refractivity contribution in [2.75, 3.05) is 0 Å². The zero-order valence-electron chi connectivity index (χ0n) is 12.7. The van der Waals surface area contributed by atoms with Crippen molar-refractivity contribution in [1.29, 1.82) is 0 Å². The summed E-state index contributed by atoms with van der Waals surface area (Å²) in [6.45, 7) is 0. The highest BCUT2D eigenvalue weighted by Crippen LogP contribution is 2.31. The van der Waals surface area contributed by atoms with Gasteiger partial charge in [0, 0.05) is 11.1 Å². The highest BCUT2D eigenvalue weighted by molar-refractivity contribution is 6.09. The van der Waals surface area contributed by atoms with Gasteiger partial charge >= 0.3 is 0 Å². The van der Waals surface area contributed by atoms with Gasteiger partial charge in [-0.1, -0.05) is 42.5 Å². The van der Waals surface area contributed by atoms with E-state index in [0.717, 1.165) is 24.0 Å². The molecule has 0 saturated carbocycles. The third kappa shape index (κ3) is 3.34. The first-order valence-corrected chi connectivity index (χ1v) is 7.67. The van der Waals surface area contributed by atoms with Gasteiger partial charge in [-0.2, -0.15) is 0 Å². The monoisotopic (exact) mass is 306 g/mol. The maximum absolute atomic E-state index is 12.6. The van der Waals surface area contributed by atoms with Crippen LogP contribution < -0.4 is 0 Å². The number of aromatic hydroxyl groups is 1. The minimum atomic E-state index is -0.112. The Labute approximate surface area is 135 Å². The summed E-state index contributed by atoms with van der Waals surface area (Å²) in [5.74, 6) is 0.188. The SMILES string of the molecule is O=C(C1=C(O)/C(=C/c2ccc(O)cc2)CCC1)c1ccccc1. The van der Waals surface area contributed by atoms with Gasteiger partial charge in [-0.15, -0.1) is 0 Å². The molecule has 0 bridgehead atoms. The Morgan fingerprint density at radius 3 is 2.30 bits per heavy atom. The fraction of sp³-hybridized carbons (Fsp3) is 0.150. The number of benzene rings is 2. The van der Waals surface area contributed by atoms with Crippen molar-refractivity contribution in [2.24, 2.45) is 0 Å². The van der Waals surface area contributed by atoms with Crippen LogP contribution in [0.3, 0.4) is 0 Å². The van der Waals surface area contributed by atoms with Crippen molar-refractivity contribution in [2.45, 2.75) is 19.3 Å². The number of rotatable bonds is 3. The Bertz CT molecular complexity index is 768. The number of carbonyl (C=O) groups is 1. The number of carbonyl (C=O) groups excluding carboxylic acids is 1. The Morgan fingerprint density at radius 1 is 0.913 bits per heavy atom. The number of phenols is 1. The number of Topliss-reactive ketones (excluding diaryl/α,β-unsaturated/α-hetero) is 1. The van der Waals surface area contributed by atoms with Crippen LogP contribution in [-0.4, -0.2) is 16.0 Å². The van der Waals surface area contributed by atoms with Crippen LogP contribution in [0.4, 0.5) is 0 Å². The molecule has 0 spiro atoms.